The van der Waals surface area contributed by atoms with Gasteiger partial charge in [-0.1, -0.05) is 26.7 Å². The van der Waals surface area contributed by atoms with Crippen molar-refractivity contribution >= 4 is 5.91 Å². The number of rotatable bonds is 1. The first-order chi connectivity index (χ1) is 8.05. The van der Waals surface area contributed by atoms with Crippen LogP contribution < -0.4 is 5.32 Å². The Hall–Kier alpha value is -0.570. The predicted molar refractivity (Wildman–Crippen MR) is 67.4 cm³/mol. The molecule has 0 bridgehead atoms. The highest BCUT2D eigenvalue weighted by atomic mass is 16.2. The number of carbonyl (C=O) groups is 1. The summed E-state index contributed by atoms with van der Waals surface area (Å²) in [6, 6.07) is 0.466. The molecule has 0 aromatic carbocycles. The van der Waals surface area contributed by atoms with E-state index in [9.17, 15) is 4.79 Å². The minimum atomic E-state index is -0.139. The van der Waals surface area contributed by atoms with Gasteiger partial charge in [0.1, 0.15) is 0 Å². The van der Waals surface area contributed by atoms with E-state index in [0.717, 1.165) is 18.8 Å². The molecule has 2 aliphatic carbocycles. The summed E-state index contributed by atoms with van der Waals surface area (Å²) in [5, 5.41) is 3.51. The van der Waals surface area contributed by atoms with Crippen molar-refractivity contribution in [3.05, 3.63) is 0 Å². The summed E-state index contributed by atoms with van der Waals surface area (Å²) >= 11 is 0. The van der Waals surface area contributed by atoms with Crippen molar-refractivity contribution < 1.29 is 4.79 Å². The Bertz CT molecular complexity index is 337. The first-order valence-corrected chi connectivity index (χ1v) is 7.16. The lowest BCUT2D eigenvalue weighted by Crippen LogP contribution is -2.49. The van der Waals surface area contributed by atoms with Gasteiger partial charge in [-0.25, -0.2) is 0 Å². The normalized spacial score (nSPS) is 44.4. The molecule has 4 atom stereocenters. The monoisotopic (exact) mass is 236 g/mol. The molecule has 1 N–H and O–H groups in total. The molecule has 3 heteroatoms. The third-order valence-electron chi connectivity index (χ3n) is 5.32. The molecule has 3 rings (SSSR count). The summed E-state index contributed by atoms with van der Waals surface area (Å²) in [6.45, 7) is 6.81. The summed E-state index contributed by atoms with van der Waals surface area (Å²) in [5.74, 6) is 1.78. The largest absolute Gasteiger partial charge is 0.323 e. The summed E-state index contributed by atoms with van der Waals surface area (Å²) in [6.07, 6.45) is 6.13. The zero-order valence-electron chi connectivity index (χ0n) is 11.2. The Morgan fingerprint density at radius 2 is 1.94 bits per heavy atom. The second kappa shape index (κ2) is 3.71. The number of carbonyl (C=O) groups excluding carboxylic acids is 1. The van der Waals surface area contributed by atoms with Crippen molar-refractivity contribution in [3.8, 4) is 0 Å². The van der Waals surface area contributed by atoms with Gasteiger partial charge in [-0.2, -0.15) is 0 Å². The second-order valence-corrected chi connectivity index (χ2v) is 6.45. The van der Waals surface area contributed by atoms with Crippen LogP contribution >= 0.6 is 0 Å². The summed E-state index contributed by atoms with van der Waals surface area (Å²) in [4.78, 5) is 14.7. The van der Waals surface area contributed by atoms with E-state index in [2.05, 4.69) is 31.0 Å². The van der Waals surface area contributed by atoms with Gasteiger partial charge in [-0.15, -0.1) is 0 Å². The highest BCUT2D eigenvalue weighted by Crippen LogP contribution is 2.45. The van der Waals surface area contributed by atoms with E-state index in [0.29, 0.717) is 17.9 Å². The van der Waals surface area contributed by atoms with E-state index in [4.69, 9.17) is 0 Å². The molecular weight excluding hydrogens is 212 g/mol. The Morgan fingerprint density at radius 1 is 1.24 bits per heavy atom. The molecule has 3 aliphatic rings. The molecule has 0 aromatic rings. The second-order valence-electron chi connectivity index (χ2n) is 6.45. The first-order valence-electron chi connectivity index (χ1n) is 7.16. The maximum absolute atomic E-state index is 12.5. The molecule has 4 unspecified atom stereocenters. The summed E-state index contributed by atoms with van der Waals surface area (Å²) < 4.78 is 0. The SMILES string of the molecule is CC1CCCC(N2C(=O)C3(CC3)NC2C)C1C. The van der Waals surface area contributed by atoms with Crippen LogP contribution in [0.2, 0.25) is 0 Å². The quantitative estimate of drug-likeness (QED) is 0.756. The van der Waals surface area contributed by atoms with Crippen LogP contribution in [0.15, 0.2) is 0 Å². The van der Waals surface area contributed by atoms with Gasteiger partial charge >= 0.3 is 0 Å². The van der Waals surface area contributed by atoms with Gasteiger partial charge in [0.25, 0.3) is 0 Å². The van der Waals surface area contributed by atoms with Gasteiger partial charge in [0, 0.05) is 6.04 Å². The molecule has 1 spiro atoms. The Labute approximate surface area is 104 Å². The van der Waals surface area contributed by atoms with Gasteiger partial charge in [-0.3, -0.25) is 10.1 Å². The van der Waals surface area contributed by atoms with E-state index in [1.54, 1.807) is 0 Å². The fourth-order valence-electron chi connectivity index (χ4n) is 3.82. The van der Waals surface area contributed by atoms with Crippen LogP contribution in [0.5, 0.6) is 0 Å². The number of hydrogen-bond acceptors (Lipinski definition) is 2. The summed E-state index contributed by atoms with van der Waals surface area (Å²) in [5.41, 5.74) is -0.139. The molecule has 3 fully saturated rings. The van der Waals surface area contributed by atoms with Gasteiger partial charge < -0.3 is 4.90 Å². The average Bonchev–Trinajstić information content (AvgIpc) is 3.00. The standard InChI is InChI=1S/C14H24N2O/c1-9-5-4-6-12(10(9)2)16-11(3)15-14(7-8-14)13(16)17/h9-12,15H,4-8H2,1-3H3. The minimum absolute atomic E-state index is 0.139. The third-order valence-corrected chi connectivity index (χ3v) is 5.32. The predicted octanol–water partition coefficient (Wildman–Crippen LogP) is 2.12. The molecule has 1 heterocycles. The van der Waals surface area contributed by atoms with E-state index in [-0.39, 0.29) is 11.7 Å². The van der Waals surface area contributed by atoms with Crippen LogP contribution in [0.1, 0.15) is 52.9 Å². The maximum atomic E-state index is 12.5. The van der Waals surface area contributed by atoms with Crippen molar-refractivity contribution in [1.29, 1.82) is 0 Å². The van der Waals surface area contributed by atoms with Crippen molar-refractivity contribution in [2.24, 2.45) is 11.8 Å². The van der Waals surface area contributed by atoms with E-state index in [1.165, 1.54) is 19.3 Å². The molecular formula is C14H24N2O. The summed E-state index contributed by atoms with van der Waals surface area (Å²) in [7, 11) is 0. The van der Waals surface area contributed by atoms with Gasteiger partial charge in [-0.05, 0) is 38.0 Å². The molecule has 0 radical (unpaired) electrons. The Balaban J connectivity index is 1.81. The minimum Gasteiger partial charge on any atom is -0.323 e. The zero-order chi connectivity index (χ0) is 12.2. The smallest absolute Gasteiger partial charge is 0.244 e. The molecule has 3 nitrogen and oxygen atoms in total. The lowest BCUT2D eigenvalue weighted by Gasteiger charge is -2.41. The molecule has 1 amide bonds. The van der Waals surface area contributed by atoms with Crippen molar-refractivity contribution in [2.75, 3.05) is 0 Å². The lowest BCUT2D eigenvalue weighted by molar-refractivity contribution is -0.135. The van der Waals surface area contributed by atoms with Crippen molar-refractivity contribution in [1.82, 2.24) is 10.2 Å². The van der Waals surface area contributed by atoms with E-state index in [1.807, 2.05) is 0 Å². The number of amides is 1. The third kappa shape index (κ3) is 1.62. The van der Waals surface area contributed by atoms with Gasteiger partial charge in [0.15, 0.2) is 0 Å². The van der Waals surface area contributed by atoms with Crippen LogP contribution in [0.25, 0.3) is 0 Å². The fraction of sp³-hybridized carbons (Fsp3) is 0.929. The highest BCUT2D eigenvalue weighted by Gasteiger charge is 2.59. The fourth-order valence-corrected chi connectivity index (χ4v) is 3.82. The van der Waals surface area contributed by atoms with Crippen molar-refractivity contribution in [3.63, 3.8) is 0 Å². The molecule has 17 heavy (non-hydrogen) atoms. The van der Waals surface area contributed by atoms with Crippen LogP contribution in [0.4, 0.5) is 0 Å². The van der Waals surface area contributed by atoms with Gasteiger partial charge in [0.05, 0.1) is 11.7 Å². The van der Waals surface area contributed by atoms with Crippen LogP contribution in [-0.2, 0) is 4.79 Å². The van der Waals surface area contributed by atoms with Gasteiger partial charge in [0.2, 0.25) is 5.91 Å². The first kappa shape index (κ1) is 11.5. The molecule has 96 valence electrons. The van der Waals surface area contributed by atoms with Crippen LogP contribution in [0, 0.1) is 11.8 Å². The average molecular weight is 236 g/mol. The van der Waals surface area contributed by atoms with Crippen LogP contribution in [-0.4, -0.2) is 28.6 Å². The molecule has 1 aliphatic heterocycles. The lowest BCUT2D eigenvalue weighted by atomic mass is 9.77. The van der Waals surface area contributed by atoms with Crippen molar-refractivity contribution in [2.45, 2.75) is 70.6 Å². The zero-order valence-corrected chi connectivity index (χ0v) is 11.2. The molecule has 1 saturated heterocycles. The maximum Gasteiger partial charge on any atom is 0.244 e. The highest BCUT2D eigenvalue weighted by molar-refractivity contribution is 5.92. The van der Waals surface area contributed by atoms with E-state index < -0.39 is 0 Å². The molecule has 0 aromatic heterocycles. The Morgan fingerprint density at radius 3 is 2.53 bits per heavy atom. The number of hydrogen-bond donors (Lipinski definition) is 1. The number of nitrogens with zero attached hydrogens (tertiary/aromatic N) is 1. The molecule has 2 saturated carbocycles. The topological polar surface area (TPSA) is 32.3 Å². The van der Waals surface area contributed by atoms with Crippen LogP contribution in [0.3, 0.4) is 0 Å². The Kier molecular flexibility index (Phi) is 2.51. The number of nitrogens with one attached hydrogen (secondary N) is 1. The van der Waals surface area contributed by atoms with E-state index >= 15 is 0 Å².